The zero-order chi connectivity index (χ0) is 14.7. The van der Waals surface area contributed by atoms with Crippen LogP contribution in [-0.4, -0.2) is 46.8 Å². The summed E-state index contributed by atoms with van der Waals surface area (Å²) in [4.78, 5) is 17.1. The summed E-state index contributed by atoms with van der Waals surface area (Å²) in [6.45, 7) is 1.40. The van der Waals surface area contributed by atoms with Crippen LogP contribution in [0.3, 0.4) is 0 Å². The van der Waals surface area contributed by atoms with Gasteiger partial charge in [-0.1, -0.05) is 18.2 Å². The number of para-hydroxylation sites is 1. The van der Waals surface area contributed by atoms with Crippen LogP contribution in [0.5, 0.6) is 0 Å². The molecule has 5 nitrogen and oxygen atoms in total. The summed E-state index contributed by atoms with van der Waals surface area (Å²) in [5, 5.41) is 13.4. The third-order valence-electron chi connectivity index (χ3n) is 4.19. The standard InChI is InChI=1S/C16H21N3O2/c20-11-13-4-3-9-19(13)16(21)17-8-7-12-10-18-15-6-2-1-5-14(12)15/h1-2,5-6,10,13,18,20H,3-4,7-9,11H2,(H,17,21). The number of H-pyrrole nitrogens is 1. The molecular weight excluding hydrogens is 266 g/mol. The highest BCUT2D eigenvalue weighted by atomic mass is 16.3. The molecule has 0 spiro atoms. The molecule has 21 heavy (non-hydrogen) atoms. The third-order valence-corrected chi connectivity index (χ3v) is 4.19. The molecule has 3 rings (SSSR count). The van der Waals surface area contributed by atoms with Gasteiger partial charge in [0.1, 0.15) is 0 Å². The average Bonchev–Trinajstić information content (AvgIpc) is 3.14. The number of hydrogen-bond acceptors (Lipinski definition) is 2. The van der Waals surface area contributed by atoms with Crippen molar-refractivity contribution in [2.45, 2.75) is 25.3 Å². The van der Waals surface area contributed by atoms with E-state index < -0.39 is 0 Å². The summed E-state index contributed by atoms with van der Waals surface area (Å²) in [5.41, 5.74) is 2.34. The first-order chi connectivity index (χ1) is 10.3. The molecule has 3 N–H and O–H groups in total. The smallest absolute Gasteiger partial charge is 0.317 e. The molecule has 1 aromatic carbocycles. The van der Waals surface area contributed by atoms with Gasteiger partial charge in [-0.25, -0.2) is 4.79 Å². The summed E-state index contributed by atoms with van der Waals surface area (Å²) in [7, 11) is 0. The quantitative estimate of drug-likeness (QED) is 0.803. The van der Waals surface area contributed by atoms with Gasteiger partial charge in [-0.3, -0.25) is 0 Å². The maximum Gasteiger partial charge on any atom is 0.317 e. The Balaban J connectivity index is 1.55. The maximum absolute atomic E-state index is 12.1. The lowest BCUT2D eigenvalue weighted by Gasteiger charge is -2.23. The summed E-state index contributed by atoms with van der Waals surface area (Å²) in [6, 6.07) is 8.09. The van der Waals surface area contributed by atoms with E-state index in [-0.39, 0.29) is 18.7 Å². The van der Waals surface area contributed by atoms with Gasteiger partial charge in [0.15, 0.2) is 0 Å². The SMILES string of the molecule is O=C(NCCc1c[nH]c2ccccc12)N1CCCC1CO. The van der Waals surface area contributed by atoms with E-state index in [1.165, 1.54) is 10.9 Å². The van der Waals surface area contributed by atoms with Gasteiger partial charge in [0.05, 0.1) is 12.6 Å². The van der Waals surface area contributed by atoms with Gasteiger partial charge in [-0.15, -0.1) is 0 Å². The lowest BCUT2D eigenvalue weighted by molar-refractivity contribution is 0.157. The number of aliphatic hydroxyl groups is 1. The number of aliphatic hydroxyl groups excluding tert-OH is 1. The van der Waals surface area contributed by atoms with Gasteiger partial charge in [0, 0.05) is 30.2 Å². The lowest BCUT2D eigenvalue weighted by Crippen LogP contribution is -2.44. The first kappa shape index (κ1) is 13.9. The van der Waals surface area contributed by atoms with Crippen LogP contribution in [0.1, 0.15) is 18.4 Å². The van der Waals surface area contributed by atoms with Crippen molar-refractivity contribution in [3.05, 3.63) is 36.0 Å². The second kappa shape index (κ2) is 6.18. The Morgan fingerprint density at radius 1 is 1.43 bits per heavy atom. The number of benzene rings is 1. The Morgan fingerprint density at radius 3 is 3.14 bits per heavy atom. The molecule has 1 atom stereocenters. The highest BCUT2D eigenvalue weighted by Crippen LogP contribution is 2.18. The molecule has 0 saturated carbocycles. The minimum Gasteiger partial charge on any atom is -0.394 e. The highest BCUT2D eigenvalue weighted by Gasteiger charge is 2.27. The number of hydrogen-bond donors (Lipinski definition) is 3. The van der Waals surface area contributed by atoms with E-state index in [4.69, 9.17) is 0 Å². The topological polar surface area (TPSA) is 68.4 Å². The normalized spacial score (nSPS) is 18.3. The first-order valence-corrected chi connectivity index (χ1v) is 7.50. The van der Waals surface area contributed by atoms with E-state index in [2.05, 4.69) is 16.4 Å². The van der Waals surface area contributed by atoms with E-state index in [9.17, 15) is 9.90 Å². The third kappa shape index (κ3) is 2.88. The number of fused-ring (bicyclic) bond motifs is 1. The molecular formula is C16H21N3O2. The van der Waals surface area contributed by atoms with Crippen LogP contribution in [0.4, 0.5) is 4.79 Å². The van der Waals surface area contributed by atoms with Crippen molar-refractivity contribution in [3.8, 4) is 0 Å². The van der Waals surface area contributed by atoms with Crippen molar-refractivity contribution >= 4 is 16.9 Å². The molecule has 1 aliphatic rings. The van der Waals surface area contributed by atoms with E-state index in [0.29, 0.717) is 6.54 Å². The van der Waals surface area contributed by atoms with Crippen LogP contribution in [0.15, 0.2) is 30.5 Å². The monoisotopic (exact) mass is 287 g/mol. The van der Waals surface area contributed by atoms with E-state index in [0.717, 1.165) is 31.3 Å². The minimum atomic E-state index is -0.0635. The average molecular weight is 287 g/mol. The van der Waals surface area contributed by atoms with Gasteiger partial charge in [0.25, 0.3) is 0 Å². The van der Waals surface area contributed by atoms with Crippen LogP contribution < -0.4 is 5.32 Å². The van der Waals surface area contributed by atoms with Crippen LogP contribution in [0.2, 0.25) is 0 Å². The molecule has 2 aromatic rings. The molecule has 2 heterocycles. The number of urea groups is 1. The fraction of sp³-hybridized carbons (Fsp3) is 0.438. The predicted molar refractivity (Wildman–Crippen MR) is 82.2 cm³/mol. The molecule has 0 aliphatic carbocycles. The molecule has 0 bridgehead atoms. The van der Waals surface area contributed by atoms with E-state index in [1.807, 2.05) is 24.4 Å². The molecule has 1 aliphatic heterocycles. The number of nitrogens with one attached hydrogen (secondary N) is 2. The summed E-state index contributed by atoms with van der Waals surface area (Å²) in [5.74, 6) is 0. The van der Waals surface area contributed by atoms with Crippen molar-refractivity contribution in [1.82, 2.24) is 15.2 Å². The Bertz CT molecular complexity index is 623. The zero-order valence-corrected chi connectivity index (χ0v) is 12.0. The summed E-state index contributed by atoms with van der Waals surface area (Å²) >= 11 is 0. The number of nitrogens with zero attached hydrogens (tertiary/aromatic N) is 1. The number of aromatic amines is 1. The van der Waals surface area contributed by atoms with Crippen molar-refractivity contribution in [1.29, 1.82) is 0 Å². The van der Waals surface area contributed by atoms with Crippen molar-refractivity contribution < 1.29 is 9.90 Å². The fourth-order valence-corrected chi connectivity index (χ4v) is 3.04. The Labute approximate surface area is 124 Å². The van der Waals surface area contributed by atoms with Gasteiger partial charge < -0.3 is 20.3 Å². The Kier molecular flexibility index (Phi) is 4.10. The predicted octanol–water partition coefficient (Wildman–Crippen LogP) is 1.88. The maximum atomic E-state index is 12.1. The van der Waals surface area contributed by atoms with Crippen LogP contribution in [-0.2, 0) is 6.42 Å². The molecule has 1 saturated heterocycles. The molecule has 2 amide bonds. The Morgan fingerprint density at radius 2 is 2.29 bits per heavy atom. The van der Waals surface area contributed by atoms with Crippen molar-refractivity contribution in [2.75, 3.05) is 19.7 Å². The van der Waals surface area contributed by atoms with Gasteiger partial charge in [-0.05, 0) is 30.9 Å². The lowest BCUT2D eigenvalue weighted by atomic mass is 10.1. The summed E-state index contributed by atoms with van der Waals surface area (Å²) < 4.78 is 0. The molecule has 1 fully saturated rings. The Hall–Kier alpha value is -2.01. The number of rotatable bonds is 4. The first-order valence-electron chi connectivity index (χ1n) is 7.50. The van der Waals surface area contributed by atoms with Gasteiger partial charge >= 0.3 is 6.03 Å². The zero-order valence-electron chi connectivity index (χ0n) is 12.0. The van der Waals surface area contributed by atoms with Gasteiger partial charge in [-0.2, -0.15) is 0 Å². The largest absolute Gasteiger partial charge is 0.394 e. The number of carbonyl (C=O) groups is 1. The van der Waals surface area contributed by atoms with E-state index in [1.54, 1.807) is 4.90 Å². The number of amides is 2. The number of carbonyl (C=O) groups excluding carboxylic acids is 1. The highest BCUT2D eigenvalue weighted by molar-refractivity contribution is 5.83. The van der Waals surface area contributed by atoms with Crippen LogP contribution in [0.25, 0.3) is 10.9 Å². The van der Waals surface area contributed by atoms with Gasteiger partial charge in [0.2, 0.25) is 0 Å². The fourth-order valence-electron chi connectivity index (χ4n) is 3.04. The number of likely N-dealkylation sites (tertiary alicyclic amines) is 1. The van der Waals surface area contributed by atoms with Crippen molar-refractivity contribution in [3.63, 3.8) is 0 Å². The summed E-state index contributed by atoms with van der Waals surface area (Å²) in [6.07, 6.45) is 4.67. The van der Waals surface area contributed by atoms with Crippen LogP contribution in [0, 0.1) is 0 Å². The second-order valence-corrected chi connectivity index (χ2v) is 5.51. The molecule has 112 valence electrons. The number of aromatic nitrogens is 1. The molecule has 1 aromatic heterocycles. The van der Waals surface area contributed by atoms with E-state index >= 15 is 0 Å². The van der Waals surface area contributed by atoms with Crippen LogP contribution >= 0.6 is 0 Å². The van der Waals surface area contributed by atoms with Crippen molar-refractivity contribution in [2.24, 2.45) is 0 Å². The molecule has 0 radical (unpaired) electrons. The molecule has 1 unspecified atom stereocenters. The second-order valence-electron chi connectivity index (χ2n) is 5.51. The minimum absolute atomic E-state index is 0.0157. The molecule has 5 heteroatoms.